The summed E-state index contributed by atoms with van der Waals surface area (Å²) >= 11 is 0. The van der Waals surface area contributed by atoms with Crippen molar-refractivity contribution in [2.75, 3.05) is 33.4 Å². The number of nitrogens with zero attached hydrogens (tertiary/aromatic N) is 1. The first-order chi connectivity index (χ1) is 6.71. The number of aliphatic hydroxyl groups excluding tert-OH is 1. The number of hydrogen-bond donors (Lipinski definition) is 2. The van der Waals surface area contributed by atoms with Crippen molar-refractivity contribution in [2.24, 2.45) is 5.73 Å². The standard InChI is InChI=1S/C10H24N2O2/c1-4-9(2)12(5-6-14-3)10(7-11)8-13/h9-10,13H,4-8,11H2,1-3H3. The largest absolute Gasteiger partial charge is 0.395 e. The Morgan fingerprint density at radius 3 is 2.50 bits per heavy atom. The lowest BCUT2D eigenvalue weighted by Gasteiger charge is -2.34. The van der Waals surface area contributed by atoms with Crippen molar-refractivity contribution in [3.8, 4) is 0 Å². The van der Waals surface area contributed by atoms with E-state index in [1.54, 1.807) is 7.11 Å². The highest BCUT2D eigenvalue weighted by atomic mass is 16.5. The van der Waals surface area contributed by atoms with Gasteiger partial charge in [0.05, 0.1) is 13.2 Å². The summed E-state index contributed by atoms with van der Waals surface area (Å²) in [5.74, 6) is 0. The average molecular weight is 204 g/mol. The van der Waals surface area contributed by atoms with Gasteiger partial charge in [-0.15, -0.1) is 0 Å². The van der Waals surface area contributed by atoms with Gasteiger partial charge in [-0.25, -0.2) is 0 Å². The molecule has 0 spiro atoms. The zero-order valence-corrected chi connectivity index (χ0v) is 9.57. The van der Waals surface area contributed by atoms with Gasteiger partial charge in [0.15, 0.2) is 0 Å². The first-order valence-corrected chi connectivity index (χ1v) is 5.26. The summed E-state index contributed by atoms with van der Waals surface area (Å²) in [5.41, 5.74) is 5.61. The molecule has 0 heterocycles. The van der Waals surface area contributed by atoms with Gasteiger partial charge in [-0.3, -0.25) is 4.90 Å². The van der Waals surface area contributed by atoms with Gasteiger partial charge in [0.25, 0.3) is 0 Å². The van der Waals surface area contributed by atoms with Gasteiger partial charge < -0.3 is 15.6 Å². The van der Waals surface area contributed by atoms with E-state index in [1.165, 1.54) is 0 Å². The summed E-state index contributed by atoms with van der Waals surface area (Å²) in [6, 6.07) is 0.492. The summed E-state index contributed by atoms with van der Waals surface area (Å²) in [6.07, 6.45) is 1.06. The zero-order chi connectivity index (χ0) is 11.0. The molecular weight excluding hydrogens is 180 g/mol. The Morgan fingerprint density at radius 1 is 1.50 bits per heavy atom. The molecule has 2 atom stereocenters. The molecule has 0 rings (SSSR count). The lowest BCUT2D eigenvalue weighted by molar-refractivity contribution is 0.0617. The predicted molar refractivity (Wildman–Crippen MR) is 58.3 cm³/mol. The van der Waals surface area contributed by atoms with Gasteiger partial charge >= 0.3 is 0 Å². The Hall–Kier alpha value is -0.160. The number of hydrogen-bond acceptors (Lipinski definition) is 4. The average Bonchev–Trinajstić information content (AvgIpc) is 2.23. The van der Waals surface area contributed by atoms with Crippen LogP contribution >= 0.6 is 0 Å². The quantitative estimate of drug-likeness (QED) is 0.587. The number of nitrogens with two attached hydrogens (primary N) is 1. The van der Waals surface area contributed by atoms with Crippen LogP contribution in [-0.4, -0.2) is 55.5 Å². The Labute approximate surface area is 87.0 Å². The molecule has 0 aromatic carbocycles. The van der Waals surface area contributed by atoms with Crippen LogP contribution in [0.1, 0.15) is 20.3 Å². The van der Waals surface area contributed by atoms with E-state index in [0.717, 1.165) is 13.0 Å². The van der Waals surface area contributed by atoms with Gasteiger partial charge in [0, 0.05) is 32.3 Å². The van der Waals surface area contributed by atoms with Crippen molar-refractivity contribution >= 4 is 0 Å². The lowest BCUT2D eigenvalue weighted by Crippen LogP contribution is -2.49. The molecule has 0 aliphatic rings. The lowest BCUT2D eigenvalue weighted by atomic mass is 10.1. The summed E-state index contributed by atoms with van der Waals surface area (Å²) in [5, 5.41) is 9.18. The monoisotopic (exact) mass is 204 g/mol. The van der Waals surface area contributed by atoms with Crippen LogP contribution in [0.15, 0.2) is 0 Å². The maximum atomic E-state index is 9.18. The van der Waals surface area contributed by atoms with Crippen molar-refractivity contribution in [2.45, 2.75) is 32.4 Å². The van der Waals surface area contributed by atoms with Crippen LogP contribution in [0.3, 0.4) is 0 Å². The molecule has 2 unspecified atom stereocenters. The third kappa shape index (κ3) is 4.37. The summed E-state index contributed by atoms with van der Waals surface area (Å²) in [6.45, 7) is 6.40. The Bertz CT molecular complexity index is 129. The normalized spacial score (nSPS) is 15.9. The van der Waals surface area contributed by atoms with Crippen molar-refractivity contribution in [1.29, 1.82) is 0 Å². The Morgan fingerprint density at radius 2 is 2.14 bits per heavy atom. The molecule has 0 aliphatic heterocycles. The fourth-order valence-corrected chi connectivity index (χ4v) is 1.51. The number of ether oxygens (including phenoxy) is 1. The fraction of sp³-hybridized carbons (Fsp3) is 1.00. The van der Waals surface area contributed by atoms with E-state index in [9.17, 15) is 5.11 Å². The third-order valence-corrected chi connectivity index (χ3v) is 2.66. The number of aliphatic hydroxyl groups is 1. The second kappa shape index (κ2) is 8.17. The number of methoxy groups -OCH3 is 1. The molecule has 0 fully saturated rings. The molecule has 0 aromatic heterocycles. The second-order valence-corrected chi connectivity index (χ2v) is 3.56. The van der Waals surface area contributed by atoms with Crippen LogP contribution in [0.5, 0.6) is 0 Å². The minimum Gasteiger partial charge on any atom is -0.395 e. The molecule has 0 saturated carbocycles. The van der Waals surface area contributed by atoms with Crippen molar-refractivity contribution in [3.63, 3.8) is 0 Å². The molecule has 0 saturated heterocycles. The summed E-state index contributed by atoms with van der Waals surface area (Å²) < 4.78 is 5.04. The van der Waals surface area contributed by atoms with Gasteiger partial charge in [-0.1, -0.05) is 6.92 Å². The van der Waals surface area contributed by atoms with Crippen LogP contribution < -0.4 is 5.73 Å². The second-order valence-electron chi connectivity index (χ2n) is 3.56. The van der Waals surface area contributed by atoms with Gasteiger partial charge in [-0.05, 0) is 13.3 Å². The maximum absolute atomic E-state index is 9.18. The van der Waals surface area contributed by atoms with Crippen molar-refractivity contribution in [1.82, 2.24) is 4.90 Å². The molecule has 0 aromatic rings. The molecule has 4 heteroatoms. The third-order valence-electron chi connectivity index (χ3n) is 2.66. The maximum Gasteiger partial charge on any atom is 0.0599 e. The SMILES string of the molecule is CCC(C)N(CCOC)C(CN)CO. The van der Waals surface area contributed by atoms with Crippen LogP contribution in [0.4, 0.5) is 0 Å². The summed E-state index contributed by atoms with van der Waals surface area (Å²) in [4.78, 5) is 2.21. The van der Waals surface area contributed by atoms with Crippen LogP contribution in [0, 0.1) is 0 Å². The first-order valence-electron chi connectivity index (χ1n) is 5.26. The summed E-state index contributed by atoms with van der Waals surface area (Å²) in [7, 11) is 1.69. The fourth-order valence-electron chi connectivity index (χ4n) is 1.51. The van der Waals surface area contributed by atoms with E-state index in [4.69, 9.17) is 10.5 Å². The molecule has 86 valence electrons. The van der Waals surface area contributed by atoms with Gasteiger partial charge in [-0.2, -0.15) is 0 Å². The van der Waals surface area contributed by atoms with Gasteiger partial charge in [0.2, 0.25) is 0 Å². The number of rotatable bonds is 8. The molecular formula is C10H24N2O2. The Balaban J connectivity index is 4.19. The molecule has 0 amide bonds. The highest BCUT2D eigenvalue weighted by molar-refractivity contribution is 4.76. The highest BCUT2D eigenvalue weighted by Crippen LogP contribution is 2.07. The van der Waals surface area contributed by atoms with E-state index in [2.05, 4.69) is 18.7 Å². The van der Waals surface area contributed by atoms with Gasteiger partial charge in [0.1, 0.15) is 0 Å². The minimum absolute atomic E-state index is 0.0556. The molecule has 0 aliphatic carbocycles. The van der Waals surface area contributed by atoms with Crippen LogP contribution in [0.2, 0.25) is 0 Å². The molecule has 4 nitrogen and oxygen atoms in total. The topological polar surface area (TPSA) is 58.7 Å². The van der Waals surface area contributed by atoms with E-state index >= 15 is 0 Å². The van der Waals surface area contributed by atoms with E-state index < -0.39 is 0 Å². The smallest absolute Gasteiger partial charge is 0.0599 e. The molecule has 3 N–H and O–H groups in total. The first kappa shape index (κ1) is 13.8. The van der Waals surface area contributed by atoms with Crippen LogP contribution in [-0.2, 0) is 4.74 Å². The van der Waals surface area contributed by atoms with Crippen molar-refractivity contribution < 1.29 is 9.84 Å². The minimum atomic E-state index is 0.0556. The predicted octanol–water partition coefficient (Wildman–Crippen LogP) is 0.0529. The molecule has 0 bridgehead atoms. The molecule has 0 radical (unpaired) electrons. The zero-order valence-electron chi connectivity index (χ0n) is 9.57. The molecule has 14 heavy (non-hydrogen) atoms. The van der Waals surface area contributed by atoms with Crippen molar-refractivity contribution in [3.05, 3.63) is 0 Å². The van der Waals surface area contributed by atoms with E-state index in [0.29, 0.717) is 19.2 Å². The van der Waals surface area contributed by atoms with E-state index in [1.807, 2.05) is 0 Å². The Kier molecular flexibility index (Phi) is 8.08. The van der Waals surface area contributed by atoms with Crippen LogP contribution in [0.25, 0.3) is 0 Å². The highest BCUT2D eigenvalue weighted by Gasteiger charge is 2.20. The van der Waals surface area contributed by atoms with E-state index in [-0.39, 0.29) is 12.6 Å².